The third-order valence-electron chi connectivity index (χ3n) is 3.97. The second-order valence-electron chi connectivity index (χ2n) is 6.09. The van der Waals surface area contributed by atoms with Crippen molar-refractivity contribution in [3.63, 3.8) is 0 Å². The molecule has 138 valence electrons. The van der Waals surface area contributed by atoms with Crippen LogP contribution in [0.5, 0.6) is 11.5 Å². The first-order chi connectivity index (χ1) is 12.7. The first-order valence-corrected chi connectivity index (χ1v) is 9.03. The van der Waals surface area contributed by atoms with Crippen LogP contribution >= 0.6 is 0 Å². The number of ether oxygens (including phenoxy) is 2. The number of imidazole rings is 1. The second kappa shape index (κ2) is 8.51. The quantitative estimate of drug-likeness (QED) is 0.601. The molecule has 1 aromatic carbocycles. The van der Waals surface area contributed by atoms with Crippen molar-refractivity contribution in [1.29, 1.82) is 0 Å². The molecule has 0 saturated carbocycles. The van der Waals surface area contributed by atoms with Crippen LogP contribution in [0, 0.1) is 0 Å². The lowest BCUT2D eigenvalue weighted by Crippen LogP contribution is -2.10. The van der Waals surface area contributed by atoms with Gasteiger partial charge in [0.15, 0.2) is 23.0 Å². The normalized spacial score (nSPS) is 12.1. The first kappa shape index (κ1) is 18.0. The van der Waals surface area contributed by atoms with Crippen LogP contribution in [0.4, 0.5) is 5.82 Å². The van der Waals surface area contributed by atoms with Crippen LogP contribution in [0.25, 0.3) is 11.2 Å². The molecule has 7 nitrogen and oxygen atoms in total. The molecule has 3 rings (SSSR count). The number of hydrogen-bond acceptors (Lipinski definition) is 6. The van der Waals surface area contributed by atoms with Crippen molar-refractivity contribution in [3.05, 3.63) is 36.4 Å². The van der Waals surface area contributed by atoms with Gasteiger partial charge in [-0.15, -0.1) is 0 Å². The van der Waals surface area contributed by atoms with Crippen LogP contribution in [0.3, 0.4) is 0 Å². The zero-order valence-corrected chi connectivity index (χ0v) is 15.5. The molecule has 26 heavy (non-hydrogen) atoms. The minimum atomic E-state index is 0.0283. The number of fused-ring (bicyclic) bond motifs is 1. The Kier molecular flexibility index (Phi) is 5.88. The van der Waals surface area contributed by atoms with E-state index in [0.717, 1.165) is 41.2 Å². The van der Waals surface area contributed by atoms with E-state index in [0.29, 0.717) is 18.9 Å². The fraction of sp³-hybridized carbons (Fsp3) is 0.421. The van der Waals surface area contributed by atoms with Crippen LogP contribution in [-0.4, -0.2) is 33.1 Å². The Morgan fingerprint density at radius 3 is 2.58 bits per heavy atom. The summed E-state index contributed by atoms with van der Waals surface area (Å²) in [6, 6.07) is 6.08. The monoisotopic (exact) mass is 355 g/mol. The van der Waals surface area contributed by atoms with Crippen molar-refractivity contribution < 1.29 is 9.47 Å². The number of rotatable bonds is 9. The summed E-state index contributed by atoms with van der Waals surface area (Å²) < 4.78 is 11.7. The van der Waals surface area contributed by atoms with Gasteiger partial charge < -0.3 is 19.8 Å². The third kappa shape index (κ3) is 4.04. The van der Waals surface area contributed by atoms with Crippen LogP contribution in [0.1, 0.15) is 45.2 Å². The molecule has 0 unspecified atom stereocenters. The van der Waals surface area contributed by atoms with Gasteiger partial charge in [0, 0.05) is 0 Å². The summed E-state index contributed by atoms with van der Waals surface area (Å²) >= 11 is 0. The molecule has 0 amide bonds. The van der Waals surface area contributed by atoms with Gasteiger partial charge in [-0.05, 0) is 37.5 Å². The van der Waals surface area contributed by atoms with E-state index in [1.165, 1.54) is 6.33 Å². The van der Waals surface area contributed by atoms with Crippen LogP contribution in [0.15, 0.2) is 30.9 Å². The van der Waals surface area contributed by atoms with Crippen molar-refractivity contribution in [2.45, 2.75) is 39.7 Å². The molecule has 2 aromatic heterocycles. The summed E-state index contributed by atoms with van der Waals surface area (Å²) in [5.41, 5.74) is 2.53. The van der Waals surface area contributed by atoms with Gasteiger partial charge in [-0.2, -0.15) is 0 Å². The van der Waals surface area contributed by atoms with Gasteiger partial charge in [0.2, 0.25) is 0 Å². The highest BCUT2D eigenvalue weighted by Gasteiger charge is 2.14. The Hall–Kier alpha value is -2.83. The van der Waals surface area contributed by atoms with E-state index in [1.807, 2.05) is 18.2 Å². The average Bonchev–Trinajstić information content (AvgIpc) is 3.14. The molecule has 0 bridgehead atoms. The van der Waals surface area contributed by atoms with E-state index < -0.39 is 0 Å². The smallest absolute Gasteiger partial charge is 0.182 e. The van der Waals surface area contributed by atoms with Crippen molar-refractivity contribution in [2.75, 3.05) is 18.5 Å². The molecule has 2 N–H and O–H groups in total. The van der Waals surface area contributed by atoms with Crippen molar-refractivity contribution in [3.8, 4) is 11.5 Å². The van der Waals surface area contributed by atoms with Gasteiger partial charge in [-0.1, -0.05) is 19.9 Å². The number of nitrogens with zero attached hydrogens (tertiary/aromatic N) is 3. The van der Waals surface area contributed by atoms with Gasteiger partial charge in [-0.25, -0.2) is 15.0 Å². The maximum atomic E-state index is 5.89. The molecular weight excluding hydrogens is 330 g/mol. The largest absolute Gasteiger partial charge is 0.490 e. The summed E-state index contributed by atoms with van der Waals surface area (Å²) in [6.07, 6.45) is 5.03. The first-order valence-electron chi connectivity index (χ1n) is 9.03. The number of anilines is 1. The van der Waals surface area contributed by atoms with Crippen molar-refractivity contribution in [1.82, 2.24) is 19.9 Å². The number of aromatic nitrogens is 4. The van der Waals surface area contributed by atoms with Gasteiger partial charge >= 0.3 is 0 Å². The molecule has 0 radical (unpaired) electrons. The maximum absolute atomic E-state index is 5.89. The van der Waals surface area contributed by atoms with Crippen molar-refractivity contribution >= 4 is 17.0 Å². The third-order valence-corrected chi connectivity index (χ3v) is 3.97. The van der Waals surface area contributed by atoms with E-state index in [4.69, 9.17) is 9.47 Å². The summed E-state index contributed by atoms with van der Waals surface area (Å²) in [7, 11) is 0. The zero-order valence-electron chi connectivity index (χ0n) is 15.5. The highest BCUT2D eigenvalue weighted by Crippen LogP contribution is 2.32. The molecule has 7 heteroatoms. The fourth-order valence-corrected chi connectivity index (χ4v) is 2.61. The molecule has 0 spiro atoms. The summed E-state index contributed by atoms with van der Waals surface area (Å²) in [4.78, 5) is 15.7. The molecule has 2 heterocycles. The van der Waals surface area contributed by atoms with Crippen molar-refractivity contribution in [2.24, 2.45) is 0 Å². The number of benzene rings is 1. The Morgan fingerprint density at radius 1 is 1.04 bits per heavy atom. The predicted octanol–water partition coefficient (Wildman–Crippen LogP) is 4.10. The van der Waals surface area contributed by atoms with Crippen LogP contribution in [-0.2, 0) is 0 Å². The Bertz CT molecular complexity index is 849. The van der Waals surface area contributed by atoms with E-state index in [-0.39, 0.29) is 6.04 Å². The minimum Gasteiger partial charge on any atom is -0.490 e. The Labute approximate surface area is 153 Å². The molecular formula is C19H25N5O2. The standard InChI is InChI=1S/C19H25N5O2/c1-4-8-25-15-7-6-14(10-16(15)26-9-5-2)13(3)24-19-17-18(21-11-20-17)22-12-23-19/h6-7,10-13H,4-5,8-9H2,1-3H3,(H2,20,21,22,23,24)/t13-/m1/s1. The number of H-pyrrole nitrogens is 1. The SMILES string of the molecule is CCCOc1ccc([C@@H](C)Nc2ncnc3nc[nH]c23)cc1OCCC. The molecule has 0 aliphatic rings. The maximum Gasteiger partial charge on any atom is 0.182 e. The van der Waals surface area contributed by atoms with E-state index in [2.05, 4.69) is 46.0 Å². The fourth-order valence-electron chi connectivity index (χ4n) is 2.61. The Morgan fingerprint density at radius 2 is 1.81 bits per heavy atom. The second-order valence-corrected chi connectivity index (χ2v) is 6.09. The summed E-state index contributed by atoms with van der Waals surface area (Å²) in [5, 5.41) is 3.41. The van der Waals surface area contributed by atoms with Gasteiger partial charge in [0.25, 0.3) is 0 Å². The molecule has 1 atom stereocenters. The Balaban J connectivity index is 1.81. The average molecular weight is 355 g/mol. The van der Waals surface area contributed by atoms with Gasteiger partial charge in [0.1, 0.15) is 11.8 Å². The van der Waals surface area contributed by atoms with E-state index >= 15 is 0 Å². The number of nitrogens with one attached hydrogen (secondary N) is 2. The lowest BCUT2D eigenvalue weighted by Gasteiger charge is -2.18. The summed E-state index contributed by atoms with van der Waals surface area (Å²) in [6.45, 7) is 7.59. The lowest BCUT2D eigenvalue weighted by atomic mass is 10.1. The molecule has 0 fully saturated rings. The molecule has 0 aliphatic heterocycles. The molecule has 0 aliphatic carbocycles. The van der Waals surface area contributed by atoms with Crippen LogP contribution < -0.4 is 14.8 Å². The zero-order chi connectivity index (χ0) is 18.4. The molecule has 0 saturated heterocycles. The molecule has 3 aromatic rings. The van der Waals surface area contributed by atoms with E-state index in [9.17, 15) is 0 Å². The van der Waals surface area contributed by atoms with Crippen LogP contribution in [0.2, 0.25) is 0 Å². The number of aromatic amines is 1. The van der Waals surface area contributed by atoms with E-state index in [1.54, 1.807) is 6.33 Å². The topological polar surface area (TPSA) is 85.0 Å². The van der Waals surface area contributed by atoms with Gasteiger partial charge in [0.05, 0.1) is 25.6 Å². The number of hydrogen-bond donors (Lipinski definition) is 2. The highest BCUT2D eigenvalue weighted by atomic mass is 16.5. The highest BCUT2D eigenvalue weighted by molar-refractivity contribution is 5.82. The predicted molar refractivity (Wildman–Crippen MR) is 102 cm³/mol. The minimum absolute atomic E-state index is 0.0283. The van der Waals surface area contributed by atoms with Gasteiger partial charge in [-0.3, -0.25) is 0 Å². The lowest BCUT2D eigenvalue weighted by molar-refractivity contribution is 0.268. The summed E-state index contributed by atoms with van der Waals surface area (Å²) in [5.74, 6) is 2.29.